The van der Waals surface area contributed by atoms with E-state index < -0.39 is 0 Å². The first-order chi connectivity index (χ1) is 8.00. The van der Waals surface area contributed by atoms with E-state index in [1.165, 1.54) is 5.57 Å². The second kappa shape index (κ2) is 7.05. The molecular weight excluding hydrogens is 253 g/mol. The summed E-state index contributed by atoms with van der Waals surface area (Å²) >= 11 is 11.9. The molecule has 94 valence electrons. The standard InChI is InChI=1S/C14H19Cl2N/c1-10(2)17-8-4-5-11(3)12-6-7-13(15)14(16)9-12/h5-7,9-10,17H,4,8H2,1-3H3. The second-order valence-electron chi connectivity index (χ2n) is 4.41. The van der Waals surface area contributed by atoms with Gasteiger partial charge in [-0.2, -0.15) is 0 Å². The van der Waals surface area contributed by atoms with Crippen LogP contribution >= 0.6 is 23.2 Å². The largest absolute Gasteiger partial charge is 0.314 e. The van der Waals surface area contributed by atoms with Gasteiger partial charge < -0.3 is 5.32 Å². The molecule has 17 heavy (non-hydrogen) atoms. The maximum Gasteiger partial charge on any atom is 0.0598 e. The topological polar surface area (TPSA) is 12.0 Å². The van der Waals surface area contributed by atoms with Crippen molar-refractivity contribution in [2.45, 2.75) is 33.2 Å². The van der Waals surface area contributed by atoms with Crippen LogP contribution in [0.4, 0.5) is 0 Å². The van der Waals surface area contributed by atoms with Crippen LogP contribution in [0.2, 0.25) is 10.0 Å². The molecule has 0 saturated carbocycles. The molecule has 0 unspecified atom stereocenters. The number of allylic oxidation sites excluding steroid dienone is 1. The van der Waals surface area contributed by atoms with Crippen molar-refractivity contribution in [1.82, 2.24) is 5.32 Å². The molecule has 0 radical (unpaired) electrons. The molecule has 1 nitrogen and oxygen atoms in total. The van der Waals surface area contributed by atoms with Crippen LogP contribution in [0.1, 0.15) is 32.8 Å². The smallest absolute Gasteiger partial charge is 0.0598 e. The molecule has 3 heteroatoms. The van der Waals surface area contributed by atoms with Gasteiger partial charge in [0.25, 0.3) is 0 Å². The summed E-state index contributed by atoms with van der Waals surface area (Å²) in [5.74, 6) is 0. The maximum atomic E-state index is 5.99. The highest BCUT2D eigenvalue weighted by Crippen LogP contribution is 2.26. The molecule has 0 aromatic heterocycles. The third kappa shape index (κ3) is 5.12. The van der Waals surface area contributed by atoms with Crippen molar-refractivity contribution in [2.75, 3.05) is 6.54 Å². The minimum atomic E-state index is 0.536. The first-order valence-corrected chi connectivity index (χ1v) is 6.62. The lowest BCUT2D eigenvalue weighted by atomic mass is 10.1. The van der Waals surface area contributed by atoms with Gasteiger partial charge in [-0.1, -0.05) is 49.2 Å². The first-order valence-electron chi connectivity index (χ1n) is 5.86. The van der Waals surface area contributed by atoms with E-state index in [-0.39, 0.29) is 0 Å². The van der Waals surface area contributed by atoms with Gasteiger partial charge in [-0.05, 0) is 43.2 Å². The summed E-state index contributed by atoms with van der Waals surface area (Å²) < 4.78 is 0. The zero-order chi connectivity index (χ0) is 12.8. The molecule has 1 aromatic rings. The van der Waals surface area contributed by atoms with Crippen molar-refractivity contribution in [3.05, 3.63) is 39.9 Å². The van der Waals surface area contributed by atoms with Crippen molar-refractivity contribution < 1.29 is 0 Å². The fourth-order valence-electron chi connectivity index (χ4n) is 1.52. The van der Waals surface area contributed by atoms with Crippen LogP contribution in [0.5, 0.6) is 0 Å². The van der Waals surface area contributed by atoms with Crippen LogP contribution in [0, 0.1) is 0 Å². The number of hydrogen-bond acceptors (Lipinski definition) is 1. The van der Waals surface area contributed by atoms with Crippen LogP contribution in [-0.4, -0.2) is 12.6 Å². The predicted octanol–water partition coefficient (Wildman–Crippen LogP) is 4.78. The number of hydrogen-bond donors (Lipinski definition) is 1. The summed E-state index contributed by atoms with van der Waals surface area (Å²) in [6.07, 6.45) is 3.24. The van der Waals surface area contributed by atoms with E-state index in [9.17, 15) is 0 Å². The fourth-order valence-corrected chi connectivity index (χ4v) is 1.82. The van der Waals surface area contributed by atoms with Crippen LogP contribution < -0.4 is 5.32 Å². The van der Waals surface area contributed by atoms with Gasteiger partial charge in [-0.3, -0.25) is 0 Å². The van der Waals surface area contributed by atoms with Crippen molar-refractivity contribution in [3.63, 3.8) is 0 Å². The van der Waals surface area contributed by atoms with Crippen LogP contribution in [0.15, 0.2) is 24.3 Å². The number of benzene rings is 1. The van der Waals surface area contributed by atoms with Crippen LogP contribution in [0.3, 0.4) is 0 Å². The van der Waals surface area contributed by atoms with E-state index in [1.54, 1.807) is 0 Å². The maximum absolute atomic E-state index is 5.99. The van der Waals surface area contributed by atoms with Gasteiger partial charge in [0.1, 0.15) is 0 Å². The van der Waals surface area contributed by atoms with Gasteiger partial charge in [0, 0.05) is 6.04 Å². The molecule has 0 spiro atoms. The normalized spacial score (nSPS) is 12.2. The van der Waals surface area contributed by atoms with E-state index in [0.717, 1.165) is 18.5 Å². The SMILES string of the molecule is CC(=CCCNC(C)C)c1ccc(Cl)c(Cl)c1. The van der Waals surface area contributed by atoms with E-state index in [0.29, 0.717) is 16.1 Å². The monoisotopic (exact) mass is 271 g/mol. The summed E-state index contributed by atoms with van der Waals surface area (Å²) in [6, 6.07) is 6.28. The van der Waals surface area contributed by atoms with Crippen LogP contribution in [-0.2, 0) is 0 Å². The number of rotatable bonds is 5. The molecule has 0 aliphatic carbocycles. The summed E-state index contributed by atoms with van der Waals surface area (Å²) in [7, 11) is 0. The van der Waals surface area contributed by atoms with Gasteiger partial charge in [0.15, 0.2) is 0 Å². The zero-order valence-electron chi connectivity index (χ0n) is 10.6. The van der Waals surface area contributed by atoms with Gasteiger partial charge >= 0.3 is 0 Å². The third-order valence-electron chi connectivity index (χ3n) is 2.52. The minimum Gasteiger partial charge on any atom is -0.314 e. The van der Waals surface area contributed by atoms with E-state index >= 15 is 0 Å². The first kappa shape index (κ1) is 14.6. The molecule has 0 atom stereocenters. The Labute approximate surface area is 114 Å². The Hall–Kier alpha value is -0.500. The Morgan fingerprint density at radius 2 is 2.00 bits per heavy atom. The molecule has 0 fully saturated rings. The Morgan fingerprint density at radius 1 is 1.29 bits per heavy atom. The van der Waals surface area contributed by atoms with Gasteiger partial charge in [-0.15, -0.1) is 0 Å². The minimum absolute atomic E-state index is 0.536. The van der Waals surface area contributed by atoms with Crippen molar-refractivity contribution >= 4 is 28.8 Å². The quantitative estimate of drug-likeness (QED) is 0.760. The molecule has 0 aliphatic heterocycles. The Morgan fingerprint density at radius 3 is 2.59 bits per heavy atom. The molecule has 0 bridgehead atoms. The lowest BCUT2D eigenvalue weighted by Crippen LogP contribution is -2.23. The number of nitrogens with one attached hydrogen (secondary N) is 1. The Kier molecular flexibility index (Phi) is 6.04. The van der Waals surface area contributed by atoms with Crippen molar-refractivity contribution in [1.29, 1.82) is 0 Å². The average molecular weight is 272 g/mol. The van der Waals surface area contributed by atoms with Crippen molar-refractivity contribution in [3.8, 4) is 0 Å². The summed E-state index contributed by atoms with van der Waals surface area (Å²) in [5.41, 5.74) is 2.36. The highest BCUT2D eigenvalue weighted by Gasteiger charge is 2.00. The summed E-state index contributed by atoms with van der Waals surface area (Å²) in [6.45, 7) is 7.39. The Bertz CT molecular complexity index is 397. The third-order valence-corrected chi connectivity index (χ3v) is 3.26. The van der Waals surface area contributed by atoms with E-state index in [2.05, 4.69) is 32.2 Å². The molecular formula is C14H19Cl2N. The van der Waals surface area contributed by atoms with Gasteiger partial charge in [0.2, 0.25) is 0 Å². The summed E-state index contributed by atoms with van der Waals surface area (Å²) in [4.78, 5) is 0. The highest BCUT2D eigenvalue weighted by molar-refractivity contribution is 6.42. The van der Waals surface area contributed by atoms with E-state index in [4.69, 9.17) is 23.2 Å². The Balaban J connectivity index is 2.59. The van der Waals surface area contributed by atoms with Crippen molar-refractivity contribution in [2.24, 2.45) is 0 Å². The van der Waals surface area contributed by atoms with Crippen LogP contribution in [0.25, 0.3) is 5.57 Å². The predicted molar refractivity (Wildman–Crippen MR) is 77.9 cm³/mol. The highest BCUT2D eigenvalue weighted by atomic mass is 35.5. The second-order valence-corrected chi connectivity index (χ2v) is 5.23. The molecule has 0 heterocycles. The van der Waals surface area contributed by atoms with Gasteiger partial charge in [0.05, 0.1) is 10.0 Å². The molecule has 0 aliphatic rings. The summed E-state index contributed by atoms with van der Waals surface area (Å²) in [5, 5.41) is 4.59. The lowest BCUT2D eigenvalue weighted by molar-refractivity contribution is 0.595. The zero-order valence-corrected chi connectivity index (χ0v) is 12.1. The average Bonchev–Trinajstić information content (AvgIpc) is 2.27. The van der Waals surface area contributed by atoms with E-state index in [1.807, 2.05) is 18.2 Å². The molecule has 1 rings (SSSR count). The molecule has 1 aromatic carbocycles. The lowest BCUT2D eigenvalue weighted by Gasteiger charge is -2.07. The number of halogens is 2. The molecule has 1 N–H and O–H groups in total. The fraction of sp³-hybridized carbons (Fsp3) is 0.429. The van der Waals surface area contributed by atoms with Gasteiger partial charge in [-0.25, -0.2) is 0 Å². The molecule has 0 saturated heterocycles. The molecule has 0 amide bonds.